The molecule has 19 heavy (non-hydrogen) atoms. The van der Waals surface area contributed by atoms with Gasteiger partial charge in [-0.05, 0) is 6.42 Å². The molecule has 1 aliphatic heterocycles. The van der Waals surface area contributed by atoms with Gasteiger partial charge in [0.1, 0.15) is 0 Å². The lowest BCUT2D eigenvalue weighted by Gasteiger charge is -2.14. The van der Waals surface area contributed by atoms with Gasteiger partial charge in [-0.15, -0.1) is 0 Å². The number of aromatic hydroxyl groups is 1. The van der Waals surface area contributed by atoms with Crippen LogP contribution in [-0.2, 0) is 0 Å². The van der Waals surface area contributed by atoms with Gasteiger partial charge in [0, 0.05) is 30.8 Å². The number of carboxylic acid groups (broad SMARTS) is 1. The molecular weight excluding hydrogens is 272 g/mol. The van der Waals surface area contributed by atoms with E-state index in [2.05, 4.69) is 15.0 Å². The molecule has 1 fully saturated rings. The fraction of sp³-hybridized carbons (Fsp3) is 0.364. The van der Waals surface area contributed by atoms with Crippen molar-refractivity contribution in [1.29, 1.82) is 0 Å². The van der Waals surface area contributed by atoms with E-state index in [1.54, 1.807) is 0 Å². The number of rotatable bonds is 1. The number of hydrogen-bond acceptors (Lipinski definition) is 4. The average molecular weight is 283 g/mol. The number of aromatic nitrogens is 3. The summed E-state index contributed by atoms with van der Waals surface area (Å²) in [4.78, 5) is 22.9. The molecule has 2 aromatic rings. The third-order valence-electron chi connectivity index (χ3n) is 3.37. The Balaban J connectivity index is 2.05. The van der Waals surface area contributed by atoms with Crippen LogP contribution in [0.2, 0.25) is 5.02 Å². The molecule has 100 valence electrons. The van der Waals surface area contributed by atoms with Gasteiger partial charge in [0.05, 0.1) is 10.5 Å². The van der Waals surface area contributed by atoms with Crippen LogP contribution in [0.15, 0.2) is 6.20 Å². The minimum Gasteiger partial charge on any atom is -0.480 e. The maximum absolute atomic E-state index is 11.0. The number of likely N-dealkylation sites (tertiary alicyclic amines) is 1. The third kappa shape index (κ3) is 1.95. The molecule has 0 aliphatic carbocycles. The van der Waals surface area contributed by atoms with Crippen LogP contribution in [-0.4, -0.2) is 49.2 Å². The Hall–Kier alpha value is -2.02. The molecule has 1 saturated heterocycles. The molecule has 2 aromatic heterocycles. The van der Waals surface area contributed by atoms with Crippen LogP contribution in [0, 0.1) is 0 Å². The molecule has 3 N–H and O–H groups in total. The van der Waals surface area contributed by atoms with Crippen LogP contribution in [0.3, 0.4) is 0 Å². The predicted octanol–water partition coefficient (Wildman–Crippen LogP) is 1.78. The number of nitrogens with zero attached hydrogens (tertiary/aromatic N) is 3. The molecule has 8 heteroatoms. The molecule has 1 aliphatic rings. The number of imidazole rings is 1. The molecule has 7 nitrogen and oxygen atoms in total. The number of nitrogens with one attached hydrogen (secondary N) is 1. The Morgan fingerprint density at radius 3 is 3.05 bits per heavy atom. The van der Waals surface area contributed by atoms with Gasteiger partial charge in [-0.25, -0.2) is 9.78 Å². The molecule has 3 rings (SSSR count). The van der Waals surface area contributed by atoms with Gasteiger partial charge >= 0.3 is 6.09 Å². The van der Waals surface area contributed by atoms with Crippen LogP contribution in [0.5, 0.6) is 6.01 Å². The van der Waals surface area contributed by atoms with E-state index in [-0.39, 0.29) is 11.9 Å². The van der Waals surface area contributed by atoms with Crippen molar-refractivity contribution in [2.24, 2.45) is 0 Å². The van der Waals surface area contributed by atoms with E-state index in [1.807, 2.05) is 0 Å². The van der Waals surface area contributed by atoms with E-state index >= 15 is 0 Å². The van der Waals surface area contributed by atoms with E-state index in [0.29, 0.717) is 35.7 Å². The second-order valence-corrected chi connectivity index (χ2v) is 4.90. The minimum absolute atomic E-state index is 0.0195. The van der Waals surface area contributed by atoms with Crippen molar-refractivity contribution in [1.82, 2.24) is 19.9 Å². The number of hydrogen-bond donors (Lipinski definition) is 3. The number of aromatic amines is 1. The fourth-order valence-electron chi connectivity index (χ4n) is 2.51. The maximum atomic E-state index is 11.0. The van der Waals surface area contributed by atoms with Crippen molar-refractivity contribution in [2.45, 2.75) is 12.3 Å². The van der Waals surface area contributed by atoms with E-state index < -0.39 is 6.09 Å². The van der Waals surface area contributed by atoms with E-state index in [1.165, 1.54) is 11.1 Å². The highest BCUT2D eigenvalue weighted by molar-refractivity contribution is 6.32. The zero-order chi connectivity index (χ0) is 13.6. The minimum atomic E-state index is -0.934. The van der Waals surface area contributed by atoms with Crippen LogP contribution in [0.4, 0.5) is 4.79 Å². The van der Waals surface area contributed by atoms with Gasteiger partial charge in [-0.2, -0.15) is 4.98 Å². The van der Waals surface area contributed by atoms with Gasteiger partial charge < -0.3 is 20.1 Å². The first-order valence-corrected chi connectivity index (χ1v) is 6.15. The van der Waals surface area contributed by atoms with Gasteiger partial charge in [0.15, 0.2) is 5.65 Å². The number of carbonyl (C=O) groups is 1. The summed E-state index contributed by atoms with van der Waals surface area (Å²) in [6.45, 7) is 0.855. The number of H-pyrrole nitrogens is 1. The Morgan fingerprint density at radius 1 is 1.58 bits per heavy atom. The van der Waals surface area contributed by atoms with Crippen molar-refractivity contribution in [2.75, 3.05) is 13.1 Å². The summed E-state index contributed by atoms with van der Waals surface area (Å²) in [6, 6.07) is -0.223. The molecule has 0 bridgehead atoms. The first-order valence-electron chi connectivity index (χ1n) is 5.77. The first-order chi connectivity index (χ1) is 9.06. The molecule has 1 amide bonds. The van der Waals surface area contributed by atoms with Crippen molar-refractivity contribution < 1.29 is 15.0 Å². The molecular formula is C11H11ClN4O3. The average Bonchev–Trinajstić information content (AvgIpc) is 2.94. The largest absolute Gasteiger partial charge is 0.480 e. The Kier molecular flexibility index (Phi) is 2.70. The number of amides is 1. The normalized spacial score (nSPS) is 19.2. The summed E-state index contributed by atoms with van der Waals surface area (Å²) >= 11 is 6.16. The fourth-order valence-corrected chi connectivity index (χ4v) is 2.81. The quantitative estimate of drug-likeness (QED) is 0.740. The highest BCUT2D eigenvalue weighted by Gasteiger charge is 2.30. The van der Waals surface area contributed by atoms with Crippen LogP contribution in [0.25, 0.3) is 11.2 Å². The Labute approximate surface area is 112 Å². The van der Waals surface area contributed by atoms with Crippen LogP contribution in [0.1, 0.15) is 17.9 Å². The standard InChI is InChI=1S/C11H11ClN4O3/c12-6-3-13-9-8(14-10(17)15-9)7(6)5-1-2-16(4-5)11(18)19/h3,5H,1-2,4H2,(H,18,19)(H2,13,14,15,17)/t5-/m1/s1. The molecule has 3 heterocycles. The van der Waals surface area contributed by atoms with E-state index in [0.717, 1.165) is 5.56 Å². The lowest BCUT2D eigenvalue weighted by molar-refractivity contribution is 0.155. The first kappa shape index (κ1) is 12.0. The van der Waals surface area contributed by atoms with E-state index in [4.69, 9.17) is 16.7 Å². The monoisotopic (exact) mass is 282 g/mol. The van der Waals surface area contributed by atoms with Crippen LogP contribution >= 0.6 is 11.6 Å². The van der Waals surface area contributed by atoms with Gasteiger partial charge in [-0.3, -0.25) is 0 Å². The van der Waals surface area contributed by atoms with Crippen molar-refractivity contribution in [3.63, 3.8) is 0 Å². The summed E-state index contributed by atoms with van der Waals surface area (Å²) in [5.74, 6) is -0.0195. The number of halogens is 1. The van der Waals surface area contributed by atoms with Gasteiger partial charge in [0.25, 0.3) is 6.01 Å². The summed E-state index contributed by atoms with van der Waals surface area (Å²) in [5.41, 5.74) is 1.72. The molecule has 0 aromatic carbocycles. The van der Waals surface area contributed by atoms with Gasteiger partial charge in [0.2, 0.25) is 0 Å². The Morgan fingerprint density at radius 2 is 2.37 bits per heavy atom. The molecule has 0 unspecified atom stereocenters. The predicted molar refractivity (Wildman–Crippen MR) is 67.5 cm³/mol. The number of pyridine rings is 1. The second kappa shape index (κ2) is 4.27. The summed E-state index contributed by atoms with van der Waals surface area (Å²) in [5, 5.41) is 18.8. The zero-order valence-electron chi connectivity index (χ0n) is 9.80. The smallest absolute Gasteiger partial charge is 0.407 e. The van der Waals surface area contributed by atoms with Crippen molar-refractivity contribution in [3.05, 3.63) is 16.8 Å². The Bertz CT molecular complexity index is 657. The highest BCUT2D eigenvalue weighted by atomic mass is 35.5. The summed E-state index contributed by atoms with van der Waals surface area (Å²) in [6.07, 6.45) is 1.23. The maximum Gasteiger partial charge on any atom is 0.407 e. The highest BCUT2D eigenvalue weighted by Crippen LogP contribution is 2.36. The zero-order valence-corrected chi connectivity index (χ0v) is 10.6. The molecule has 0 radical (unpaired) electrons. The van der Waals surface area contributed by atoms with E-state index in [9.17, 15) is 9.90 Å². The summed E-state index contributed by atoms with van der Waals surface area (Å²) < 4.78 is 0. The van der Waals surface area contributed by atoms with Crippen LogP contribution < -0.4 is 0 Å². The lowest BCUT2D eigenvalue weighted by atomic mass is 9.98. The molecule has 1 atom stereocenters. The second-order valence-electron chi connectivity index (χ2n) is 4.49. The molecule has 0 saturated carbocycles. The third-order valence-corrected chi connectivity index (χ3v) is 3.67. The lowest BCUT2D eigenvalue weighted by Crippen LogP contribution is -2.26. The van der Waals surface area contributed by atoms with Gasteiger partial charge in [-0.1, -0.05) is 11.6 Å². The SMILES string of the molecule is O=C(O)N1CC[C@@H](c2c(Cl)cnc3nc(O)[nH]c23)C1. The topological polar surface area (TPSA) is 102 Å². The summed E-state index contributed by atoms with van der Waals surface area (Å²) in [7, 11) is 0. The number of fused-ring (bicyclic) bond motifs is 1. The van der Waals surface area contributed by atoms with Crippen molar-refractivity contribution in [3.8, 4) is 6.01 Å². The molecule has 0 spiro atoms. The van der Waals surface area contributed by atoms with Crippen molar-refractivity contribution >= 4 is 28.9 Å².